The fourth-order valence-electron chi connectivity index (χ4n) is 7.24. The van der Waals surface area contributed by atoms with Crippen molar-refractivity contribution in [2.45, 2.75) is 6.92 Å². The van der Waals surface area contributed by atoms with Crippen molar-refractivity contribution in [3.8, 4) is 16.8 Å². The minimum absolute atomic E-state index is 0.397. The van der Waals surface area contributed by atoms with Crippen LogP contribution in [0.5, 0.6) is 0 Å². The van der Waals surface area contributed by atoms with Crippen LogP contribution in [0.4, 0.5) is 0 Å². The van der Waals surface area contributed by atoms with E-state index < -0.39 is 0 Å². The number of aromatic nitrogens is 2. The molecule has 0 fully saturated rings. The van der Waals surface area contributed by atoms with Gasteiger partial charge in [0.15, 0.2) is 0 Å². The second-order valence-electron chi connectivity index (χ2n) is 11.9. The first kappa shape index (κ1) is 24.3. The number of aryl methyl sites for hydroxylation is 1. The number of allylic oxidation sites excluding steroid dienone is 8. The average Bonchev–Trinajstić information content (AvgIpc) is 3.57. The molecule has 43 heavy (non-hydrogen) atoms. The van der Waals surface area contributed by atoms with Gasteiger partial charge in [-0.05, 0) is 78.2 Å². The van der Waals surface area contributed by atoms with E-state index in [0.717, 1.165) is 0 Å². The zero-order valence-electron chi connectivity index (χ0n) is 24.0. The van der Waals surface area contributed by atoms with Crippen molar-refractivity contribution in [1.82, 2.24) is 9.13 Å². The highest BCUT2D eigenvalue weighted by Crippen LogP contribution is 2.39. The highest BCUT2D eigenvalue weighted by molar-refractivity contribution is 6.13. The summed E-state index contributed by atoms with van der Waals surface area (Å²) in [5.74, 6) is 0.842. The molecule has 0 saturated heterocycles. The Hall–Kier alpha value is -5.34. The lowest BCUT2D eigenvalue weighted by molar-refractivity contribution is 0.659. The Balaban J connectivity index is 1.22. The second-order valence-corrected chi connectivity index (χ2v) is 11.9. The predicted octanol–water partition coefficient (Wildman–Crippen LogP) is 10.6. The standard InChI is InChI=1S/C41H30N2/c1-27-9-8-12-32(23-27)42-38-15-6-4-13-34(38)36-25-30(18-21-40(36)42)31-19-22-41-37(26-31)35-14-5-7-16-39(35)43(41)33-20-17-28-10-2-3-11-29(28)24-33/h2-26,28-29H,1H3. The van der Waals surface area contributed by atoms with E-state index in [0.29, 0.717) is 11.8 Å². The van der Waals surface area contributed by atoms with Crippen molar-refractivity contribution >= 4 is 49.3 Å². The van der Waals surface area contributed by atoms with Gasteiger partial charge in [-0.15, -0.1) is 0 Å². The number of rotatable bonds is 3. The highest BCUT2D eigenvalue weighted by atomic mass is 15.0. The number of hydrogen-bond donors (Lipinski definition) is 0. The monoisotopic (exact) mass is 550 g/mol. The minimum atomic E-state index is 0.397. The van der Waals surface area contributed by atoms with Gasteiger partial charge in [0, 0.05) is 44.8 Å². The molecule has 2 aromatic heterocycles. The lowest BCUT2D eigenvalue weighted by atomic mass is 9.84. The molecule has 9 rings (SSSR count). The fraction of sp³-hybridized carbons (Fsp3) is 0.0732. The van der Waals surface area contributed by atoms with E-state index in [9.17, 15) is 0 Å². The predicted molar refractivity (Wildman–Crippen MR) is 183 cm³/mol. The Kier molecular flexibility index (Phi) is 5.27. The SMILES string of the molecule is Cc1cccc(-n2c3ccccc3c3cc(-c4ccc5c(c4)c4ccccc4n5C4=CC5C=CC=CC5C=C4)ccc32)c1. The summed E-state index contributed by atoms with van der Waals surface area (Å²) in [5.41, 5.74) is 11.1. The van der Waals surface area contributed by atoms with Gasteiger partial charge in [-0.3, -0.25) is 0 Å². The van der Waals surface area contributed by atoms with Crippen molar-refractivity contribution in [3.05, 3.63) is 157 Å². The van der Waals surface area contributed by atoms with Crippen LogP contribution in [-0.2, 0) is 0 Å². The van der Waals surface area contributed by atoms with Gasteiger partial charge < -0.3 is 9.13 Å². The summed E-state index contributed by atoms with van der Waals surface area (Å²) in [5, 5.41) is 5.12. The number of hydrogen-bond acceptors (Lipinski definition) is 0. The van der Waals surface area contributed by atoms with Crippen LogP contribution in [-0.4, -0.2) is 9.13 Å². The summed E-state index contributed by atoms with van der Waals surface area (Å²) in [4.78, 5) is 0. The smallest absolute Gasteiger partial charge is 0.0541 e. The maximum absolute atomic E-state index is 2.44. The summed E-state index contributed by atoms with van der Waals surface area (Å²) < 4.78 is 4.83. The molecular formula is C41H30N2. The molecule has 2 atom stereocenters. The molecule has 2 aliphatic carbocycles. The first-order valence-corrected chi connectivity index (χ1v) is 15.1. The quantitative estimate of drug-likeness (QED) is 0.207. The van der Waals surface area contributed by atoms with Gasteiger partial charge in [-0.1, -0.05) is 97.1 Å². The molecule has 2 nitrogen and oxygen atoms in total. The molecule has 2 heterocycles. The molecule has 7 aromatic rings. The van der Waals surface area contributed by atoms with E-state index >= 15 is 0 Å². The van der Waals surface area contributed by atoms with Gasteiger partial charge in [-0.25, -0.2) is 0 Å². The van der Waals surface area contributed by atoms with Gasteiger partial charge in [0.25, 0.3) is 0 Å². The normalized spacial score (nSPS) is 17.7. The van der Waals surface area contributed by atoms with E-state index in [1.165, 1.54) is 71.7 Å². The van der Waals surface area contributed by atoms with E-state index in [1.807, 2.05) is 0 Å². The van der Waals surface area contributed by atoms with Crippen molar-refractivity contribution in [3.63, 3.8) is 0 Å². The Bertz CT molecular complexity index is 2370. The molecule has 2 aliphatic rings. The lowest BCUT2D eigenvalue weighted by Gasteiger charge is -2.24. The highest BCUT2D eigenvalue weighted by Gasteiger charge is 2.21. The van der Waals surface area contributed by atoms with Crippen LogP contribution in [0.1, 0.15) is 5.56 Å². The van der Waals surface area contributed by atoms with Gasteiger partial charge >= 0.3 is 0 Å². The summed E-state index contributed by atoms with van der Waals surface area (Å²) in [7, 11) is 0. The zero-order valence-corrected chi connectivity index (χ0v) is 24.0. The lowest BCUT2D eigenvalue weighted by Crippen LogP contribution is -2.13. The third-order valence-electron chi connectivity index (χ3n) is 9.27. The number of nitrogens with zero attached hydrogens (tertiary/aromatic N) is 2. The van der Waals surface area contributed by atoms with Crippen molar-refractivity contribution < 1.29 is 0 Å². The van der Waals surface area contributed by atoms with Gasteiger partial charge in [-0.2, -0.15) is 0 Å². The molecule has 0 radical (unpaired) electrons. The van der Waals surface area contributed by atoms with E-state index in [1.54, 1.807) is 0 Å². The number of para-hydroxylation sites is 2. The third-order valence-corrected chi connectivity index (χ3v) is 9.27. The molecular weight excluding hydrogens is 520 g/mol. The van der Waals surface area contributed by atoms with Crippen LogP contribution in [0.25, 0.3) is 66.1 Å². The fourth-order valence-corrected chi connectivity index (χ4v) is 7.24. The zero-order chi connectivity index (χ0) is 28.5. The number of fused-ring (bicyclic) bond motifs is 7. The van der Waals surface area contributed by atoms with E-state index in [2.05, 4.69) is 168 Å². The van der Waals surface area contributed by atoms with Crippen LogP contribution in [0, 0.1) is 18.8 Å². The van der Waals surface area contributed by atoms with Crippen LogP contribution >= 0.6 is 0 Å². The number of benzene rings is 5. The molecule has 0 aliphatic heterocycles. The van der Waals surface area contributed by atoms with Gasteiger partial charge in [0.1, 0.15) is 0 Å². The van der Waals surface area contributed by atoms with Crippen molar-refractivity contribution in [2.75, 3.05) is 0 Å². The Morgan fingerprint density at radius 3 is 1.79 bits per heavy atom. The first-order valence-electron chi connectivity index (χ1n) is 15.1. The summed E-state index contributed by atoms with van der Waals surface area (Å²) >= 11 is 0. The largest absolute Gasteiger partial charge is 0.310 e. The Morgan fingerprint density at radius 2 is 1.09 bits per heavy atom. The van der Waals surface area contributed by atoms with Crippen LogP contribution in [0.3, 0.4) is 0 Å². The van der Waals surface area contributed by atoms with Crippen LogP contribution in [0.2, 0.25) is 0 Å². The molecule has 0 amide bonds. The molecule has 2 heteroatoms. The molecule has 0 bridgehead atoms. The third kappa shape index (κ3) is 3.73. The average molecular weight is 551 g/mol. The molecule has 204 valence electrons. The molecule has 0 spiro atoms. The van der Waals surface area contributed by atoms with E-state index in [4.69, 9.17) is 0 Å². The Labute approximate surface area is 250 Å². The molecule has 2 unspecified atom stereocenters. The summed E-state index contributed by atoms with van der Waals surface area (Å²) in [6, 6.07) is 40.3. The maximum Gasteiger partial charge on any atom is 0.0541 e. The van der Waals surface area contributed by atoms with Crippen molar-refractivity contribution in [2.24, 2.45) is 11.8 Å². The van der Waals surface area contributed by atoms with Crippen LogP contribution in [0.15, 0.2) is 152 Å². The molecule has 0 saturated carbocycles. The summed E-state index contributed by atoms with van der Waals surface area (Å²) in [6.45, 7) is 2.16. The first-order chi connectivity index (χ1) is 21.2. The van der Waals surface area contributed by atoms with E-state index in [-0.39, 0.29) is 0 Å². The molecule has 0 N–H and O–H groups in total. The minimum Gasteiger partial charge on any atom is -0.310 e. The topological polar surface area (TPSA) is 9.86 Å². The van der Waals surface area contributed by atoms with Gasteiger partial charge in [0.2, 0.25) is 0 Å². The van der Waals surface area contributed by atoms with Crippen molar-refractivity contribution in [1.29, 1.82) is 0 Å². The van der Waals surface area contributed by atoms with Gasteiger partial charge in [0.05, 0.1) is 22.1 Å². The molecule has 5 aromatic carbocycles. The van der Waals surface area contributed by atoms with Crippen LogP contribution < -0.4 is 0 Å². The Morgan fingerprint density at radius 1 is 0.488 bits per heavy atom. The maximum atomic E-state index is 2.44. The second kappa shape index (κ2) is 9.34. The summed E-state index contributed by atoms with van der Waals surface area (Å²) in [6.07, 6.45) is 16.0.